The van der Waals surface area contributed by atoms with Gasteiger partial charge in [-0.2, -0.15) is 0 Å². The van der Waals surface area contributed by atoms with Gasteiger partial charge in [0.2, 0.25) is 0 Å². The second-order valence-corrected chi connectivity index (χ2v) is 2.81. The number of aryl methyl sites for hydroxylation is 1. The fourth-order valence-electron chi connectivity index (χ4n) is 1.29. The van der Waals surface area contributed by atoms with Gasteiger partial charge in [-0.1, -0.05) is 30.3 Å². The van der Waals surface area contributed by atoms with Crippen molar-refractivity contribution < 1.29 is 4.42 Å². The Bertz CT molecular complexity index is 453. The first kappa shape index (κ1) is 7.86. The summed E-state index contributed by atoms with van der Waals surface area (Å²) in [4.78, 5) is 13.5. The van der Waals surface area contributed by atoms with E-state index in [1.54, 1.807) is 6.92 Å². The summed E-state index contributed by atoms with van der Waals surface area (Å²) in [5, 5.41) is 0. The van der Waals surface area contributed by atoms with Gasteiger partial charge in [-0.05, 0) is 6.92 Å². The second-order valence-electron chi connectivity index (χ2n) is 2.81. The van der Waals surface area contributed by atoms with Gasteiger partial charge in [0.05, 0.1) is 5.69 Å². The highest BCUT2D eigenvalue weighted by atomic mass is 16.4. The third-order valence-corrected chi connectivity index (χ3v) is 1.89. The van der Waals surface area contributed by atoms with Crippen LogP contribution in [-0.4, -0.2) is 4.98 Å². The molecule has 0 spiro atoms. The Hall–Kier alpha value is -1.77. The van der Waals surface area contributed by atoms with E-state index >= 15 is 0 Å². The number of hydrogen-bond acceptors (Lipinski definition) is 2. The van der Waals surface area contributed by atoms with Crippen molar-refractivity contribution in [2.45, 2.75) is 6.92 Å². The molecule has 66 valence electrons. The molecule has 0 aliphatic carbocycles. The van der Waals surface area contributed by atoms with Crippen LogP contribution in [0.5, 0.6) is 0 Å². The Labute approximate surface area is 75.0 Å². The average Bonchev–Trinajstić information content (AvgIpc) is 2.47. The minimum atomic E-state index is -0.406. The molecule has 3 heteroatoms. The van der Waals surface area contributed by atoms with E-state index in [4.69, 9.17) is 4.42 Å². The quantitative estimate of drug-likeness (QED) is 0.719. The largest absolute Gasteiger partial charge is 0.416 e. The van der Waals surface area contributed by atoms with E-state index in [1.165, 1.54) is 0 Å². The van der Waals surface area contributed by atoms with Crippen LogP contribution in [0.4, 0.5) is 0 Å². The van der Waals surface area contributed by atoms with Gasteiger partial charge in [-0.3, -0.25) is 4.98 Å². The van der Waals surface area contributed by atoms with E-state index < -0.39 is 5.76 Å². The van der Waals surface area contributed by atoms with Crippen LogP contribution in [0.1, 0.15) is 5.76 Å². The van der Waals surface area contributed by atoms with Gasteiger partial charge in [0.1, 0.15) is 5.76 Å². The molecule has 0 unspecified atom stereocenters. The van der Waals surface area contributed by atoms with Crippen LogP contribution in [0.3, 0.4) is 0 Å². The first-order chi connectivity index (χ1) is 6.27. The van der Waals surface area contributed by atoms with Crippen molar-refractivity contribution >= 4 is 0 Å². The van der Waals surface area contributed by atoms with Crippen LogP contribution < -0.4 is 5.76 Å². The molecule has 13 heavy (non-hydrogen) atoms. The zero-order valence-electron chi connectivity index (χ0n) is 7.20. The SMILES string of the molecule is Cc1oc(=O)[nH]c1-c1ccccc1. The summed E-state index contributed by atoms with van der Waals surface area (Å²) in [6.45, 7) is 1.76. The highest BCUT2D eigenvalue weighted by molar-refractivity contribution is 5.60. The molecule has 0 amide bonds. The first-order valence-electron chi connectivity index (χ1n) is 4.02. The predicted octanol–water partition coefficient (Wildman–Crippen LogP) is 1.94. The average molecular weight is 175 g/mol. The Morgan fingerprint density at radius 3 is 2.46 bits per heavy atom. The number of H-pyrrole nitrogens is 1. The zero-order chi connectivity index (χ0) is 9.26. The molecule has 2 aromatic rings. The van der Waals surface area contributed by atoms with E-state index in [-0.39, 0.29) is 0 Å². The van der Waals surface area contributed by atoms with E-state index in [0.717, 1.165) is 11.3 Å². The number of oxazole rings is 1. The molecule has 0 radical (unpaired) electrons. The Morgan fingerprint density at radius 2 is 1.92 bits per heavy atom. The maximum Gasteiger partial charge on any atom is 0.416 e. The lowest BCUT2D eigenvalue weighted by Crippen LogP contribution is -1.94. The molecule has 0 aliphatic rings. The molecular weight excluding hydrogens is 166 g/mol. The standard InChI is InChI=1S/C10H9NO2/c1-7-9(11-10(12)13-7)8-5-3-2-4-6-8/h2-6H,1H3,(H,11,12). The van der Waals surface area contributed by atoms with Crippen molar-refractivity contribution in [1.82, 2.24) is 4.98 Å². The number of aromatic amines is 1. The van der Waals surface area contributed by atoms with Gasteiger partial charge in [-0.15, -0.1) is 0 Å². The van der Waals surface area contributed by atoms with Crippen molar-refractivity contribution in [3.05, 3.63) is 46.6 Å². The van der Waals surface area contributed by atoms with E-state index in [1.807, 2.05) is 30.3 Å². The van der Waals surface area contributed by atoms with Crippen LogP contribution in [0.15, 0.2) is 39.5 Å². The van der Waals surface area contributed by atoms with Gasteiger partial charge in [-0.25, -0.2) is 4.79 Å². The fourth-order valence-corrected chi connectivity index (χ4v) is 1.29. The number of benzene rings is 1. The molecule has 1 N–H and O–H groups in total. The molecule has 0 fully saturated rings. The van der Waals surface area contributed by atoms with Crippen LogP contribution in [0.2, 0.25) is 0 Å². The topological polar surface area (TPSA) is 46.0 Å². The van der Waals surface area contributed by atoms with Crippen LogP contribution >= 0.6 is 0 Å². The zero-order valence-corrected chi connectivity index (χ0v) is 7.20. The summed E-state index contributed by atoms with van der Waals surface area (Å²) in [6.07, 6.45) is 0. The smallest absolute Gasteiger partial charge is 0.413 e. The van der Waals surface area contributed by atoms with E-state index in [2.05, 4.69) is 4.98 Å². The van der Waals surface area contributed by atoms with E-state index in [0.29, 0.717) is 5.76 Å². The van der Waals surface area contributed by atoms with Crippen LogP contribution in [0.25, 0.3) is 11.3 Å². The van der Waals surface area contributed by atoms with Crippen molar-refractivity contribution in [3.8, 4) is 11.3 Å². The molecular formula is C10H9NO2. The van der Waals surface area contributed by atoms with Gasteiger partial charge >= 0.3 is 5.76 Å². The Morgan fingerprint density at radius 1 is 1.23 bits per heavy atom. The van der Waals surface area contributed by atoms with Crippen molar-refractivity contribution in [1.29, 1.82) is 0 Å². The number of aromatic nitrogens is 1. The summed E-state index contributed by atoms with van der Waals surface area (Å²) in [5.74, 6) is 0.215. The number of rotatable bonds is 1. The maximum absolute atomic E-state index is 10.9. The molecule has 0 atom stereocenters. The van der Waals surface area contributed by atoms with Crippen molar-refractivity contribution in [3.63, 3.8) is 0 Å². The summed E-state index contributed by atoms with van der Waals surface area (Å²) in [6, 6.07) is 9.61. The van der Waals surface area contributed by atoms with Gasteiger partial charge in [0.15, 0.2) is 0 Å². The van der Waals surface area contributed by atoms with Gasteiger partial charge in [0, 0.05) is 5.56 Å². The molecule has 1 aromatic heterocycles. The summed E-state index contributed by atoms with van der Waals surface area (Å²) in [7, 11) is 0. The summed E-state index contributed by atoms with van der Waals surface area (Å²) in [5.41, 5.74) is 1.72. The highest BCUT2D eigenvalue weighted by Gasteiger charge is 2.05. The number of hydrogen-bond donors (Lipinski definition) is 1. The predicted molar refractivity (Wildman–Crippen MR) is 49.5 cm³/mol. The molecule has 1 aromatic carbocycles. The maximum atomic E-state index is 10.9. The third kappa shape index (κ3) is 1.40. The lowest BCUT2D eigenvalue weighted by molar-refractivity contribution is 0.488. The van der Waals surface area contributed by atoms with Gasteiger partial charge in [0.25, 0.3) is 0 Å². The molecule has 1 heterocycles. The second kappa shape index (κ2) is 2.94. The van der Waals surface area contributed by atoms with Crippen molar-refractivity contribution in [2.75, 3.05) is 0 Å². The lowest BCUT2D eigenvalue weighted by atomic mass is 10.1. The number of nitrogens with one attached hydrogen (secondary N) is 1. The van der Waals surface area contributed by atoms with Crippen LogP contribution in [-0.2, 0) is 0 Å². The first-order valence-corrected chi connectivity index (χ1v) is 4.02. The minimum absolute atomic E-state index is 0.406. The molecule has 2 rings (SSSR count). The molecule has 0 bridgehead atoms. The monoisotopic (exact) mass is 175 g/mol. The third-order valence-electron chi connectivity index (χ3n) is 1.89. The van der Waals surface area contributed by atoms with Gasteiger partial charge < -0.3 is 4.42 Å². The Kier molecular flexibility index (Phi) is 1.77. The normalized spacial score (nSPS) is 10.2. The molecule has 3 nitrogen and oxygen atoms in total. The lowest BCUT2D eigenvalue weighted by Gasteiger charge is -1.95. The fraction of sp³-hybridized carbons (Fsp3) is 0.100. The molecule has 0 aliphatic heterocycles. The minimum Gasteiger partial charge on any atom is -0.413 e. The summed E-state index contributed by atoms with van der Waals surface area (Å²) < 4.78 is 4.86. The van der Waals surface area contributed by atoms with Crippen molar-refractivity contribution in [2.24, 2.45) is 0 Å². The Balaban J connectivity index is 2.59. The van der Waals surface area contributed by atoms with Crippen LogP contribution in [0, 0.1) is 6.92 Å². The molecule has 0 saturated carbocycles. The summed E-state index contributed by atoms with van der Waals surface area (Å²) >= 11 is 0. The molecule has 0 saturated heterocycles. The van der Waals surface area contributed by atoms with E-state index in [9.17, 15) is 4.79 Å². The highest BCUT2D eigenvalue weighted by Crippen LogP contribution is 2.18.